The van der Waals surface area contributed by atoms with Gasteiger partial charge in [-0.05, 0) is 6.07 Å². The minimum Gasteiger partial charge on any atom is -0.463 e. The van der Waals surface area contributed by atoms with Crippen LogP contribution in [0, 0.1) is 0 Å². The van der Waals surface area contributed by atoms with Gasteiger partial charge < -0.3 is 9.47 Å². The Labute approximate surface area is 86.0 Å². The van der Waals surface area contributed by atoms with Gasteiger partial charge in [0.1, 0.15) is 5.15 Å². The molecule has 0 saturated carbocycles. The van der Waals surface area contributed by atoms with E-state index in [9.17, 15) is 4.79 Å². The molecule has 0 unspecified atom stereocenters. The molecule has 1 heterocycles. The third-order valence-electron chi connectivity index (χ3n) is 1.41. The number of hydrogen-bond acceptors (Lipinski definition) is 5. The standard InChI is InChI=1S/C8H9ClN2O3/c1-13-4-5-3-6(9)11-7(10-5)8(12)14-2/h3H,4H2,1-2H3. The molecule has 0 radical (unpaired) electrons. The van der Waals surface area contributed by atoms with Crippen molar-refractivity contribution in [2.75, 3.05) is 14.2 Å². The van der Waals surface area contributed by atoms with Gasteiger partial charge in [-0.25, -0.2) is 14.8 Å². The molecular weight excluding hydrogens is 208 g/mol. The van der Waals surface area contributed by atoms with Gasteiger partial charge in [-0.1, -0.05) is 11.6 Å². The summed E-state index contributed by atoms with van der Waals surface area (Å²) in [6.07, 6.45) is 0. The lowest BCUT2D eigenvalue weighted by molar-refractivity contribution is 0.0585. The van der Waals surface area contributed by atoms with Gasteiger partial charge in [0.05, 0.1) is 19.4 Å². The molecular formula is C8H9ClN2O3. The summed E-state index contributed by atoms with van der Waals surface area (Å²) in [6.45, 7) is 0.270. The van der Waals surface area contributed by atoms with Gasteiger partial charge in [-0.3, -0.25) is 0 Å². The zero-order chi connectivity index (χ0) is 10.6. The Balaban J connectivity index is 3.00. The Morgan fingerprint density at radius 2 is 2.21 bits per heavy atom. The lowest BCUT2D eigenvalue weighted by Gasteiger charge is -2.02. The quantitative estimate of drug-likeness (QED) is 0.559. The van der Waals surface area contributed by atoms with Crippen LogP contribution in [0.4, 0.5) is 0 Å². The van der Waals surface area contributed by atoms with Gasteiger partial charge >= 0.3 is 5.97 Å². The van der Waals surface area contributed by atoms with E-state index in [0.717, 1.165) is 0 Å². The van der Waals surface area contributed by atoms with E-state index in [1.54, 1.807) is 0 Å². The molecule has 0 aliphatic carbocycles. The summed E-state index contributed by atoms with van der Waals surface area (Å²) in [5.74, 6) is -0.683. The monoisotopic (exact) mass is 216 g/mol. The molecule has 5 nitrogen and oxygen atoms in total. The molecule has 14 heavy (non-hydrogen) atoms. The smallest absolute Gasteiger partial charge is 0.376 e. The van der Waals surface area contributed by atoms with Crippen molar-refractivity contribution in [2.45, 2.75) is 6.61 Å². The number of nitrogens with zero attached hydrogens (tertiary/aromatic N) is 2. The fraction of sp³-hybridized carbons (Fsp3) is 0.375. The van der Waals surface area contributed by atoms with Crippen LogP contribution in [0.25, 0.3) is 0 Å². The van der Waals surface area contributed by atoms with E-state index in [1.807, 2.05) is 0 Å². The summed E-state index contributed by atoms with van der Waals surface area (Å²) >= 11 is 5.67. The number of esters is 1. The van der Waals surface area contributed by atoms with Crippen LogP contribution in [0.5, 0.6) is 0 Å². The second-order valence-electron chi connectivity index (χ2n) is 2.43. The van der Waals surface area contributed by atoms with Crippen molar-refractivity contribution in [1.82, 2.24) is 9.97 Å². The van der Waals surface area contributed by atoms with Crippen molar-refractivity contribution in [3.8, 4) is 0 Å². The first-order chi connectivity index (χ1) is 6.67. The second-order valence-corrected chi connectivity index (χ2v) is 2.82. The fourth-order valence-electron chi connectivity index (χ4n) is 0.869. The Hall–Kier alpha value is -1.20. The molecule has 0 amide bonds. The van der Waals surface area contributed by atoms with E-state index >= 15 is 0 Å². The fourth-order valence-corrected chi connectivity index (χ4v) is 1.07. The zero-order valence-electron chi connectivity index (χ0n) is 7.78. The highest BCUT2D eigenvalue weighted by molar-refractivity contribution is 6.29. The second kappa shape index (κ2) is 4.88. The first-order valence-corrected chi connectivity index (χ1v) is 4.16. The molecule has 76 valence electrons. The Kier molecular flexibility index (Phi) is 3.79. The van der Waals surface area contributed by atoms with E-state index in [-0.39, 0.29) is 17.6 Å². The molecule has 0 aliphatic heterocycles. The van der Waals surface area contributed by atoms with Crippen LogP contribution in [0.2, 0.25) is 5.15 Å². The zero-order valence-corrected chi connectivity index (χ0v) is 8.54. The van der Waals surface area contributed by atoms with Crippen LogP contribution in [0.1, 0.15) is 16.3 Å². The van der Waals surface area contributed by atoms with E-state index in [1.165, 1.54) is 20.3 Å². The van der Waals surface area contributed by atoms with E-state index < -0.39 is 5.97 Å². The number of hydrogen-bond donors (Lipinski definition) is 0. The van der Waals surface area contributed by atoms with Crippen LogP contribution in [-0.4, -0.2) is 30.2 Å². The van der Waals surface area contributed by atoms with E-state index in [4.69, 9.17) is 16.3 Å². The number of ether oxygens (including phenoxy) is 2. The lowest BCUT2D eigenvalue weighted by atomic mass is 10.4. The van der Waals surface area contributed by atoms with Crippen LogP contribution < -0.4 is 0 Å². The van der Waals surface area contributed by atoms with Gasteiger partial charge in [0.2, 0.25) is 5.82 Å². The summed E-state index contributed by atoms with van der Waals surface area (Å²) in [7, 11) is 2.77. The van der Waals surface area contributed by atoms with Crippen molar-refractivity contribution in [1.29, 1.82) is 0 Å². The topological polar surface area (TPSA) is 61.3 Å². The number of aromatic nitrogens is 2. The van der Waals surface area contributed by atoms with Crippen LogP contribution in [-0.2, 0) is 16.1 Å². The number of methoxy groups -OCH3 is 2. The molecule has 0 aromatic carbocycles. The number of carbonyl (C=O) groups is 1. The number of rotatable bonds is 3. The normalized spacial score (nSPS) is 9.93. The molecule has 0 bridgehead atoms. The first kappa shape index (κ1) is 10.9. The number of carbonyl (C=O) groups excluding carboxylic acids is 1. The average Bonchev–Trinajstić information content (AvgIpc) is 2.16. The van der Waals surface area contributed by atoms with Gasteiger partial charge in [-0.2, -0.15) is 0 Å². The molecule has 0 atom stereocenters. The highest BCUT2D eigenvalue weighted by Crippen LogP contribution is 2.08. The van der Waals surface area contributed by atoms with Crippen LogP contribution in [0.3, 0.4) is 0 Å². The molecule has 1 aromatic rings. The highest BCUT2D eigenvalue weighted by atomic mass is 35.5. The molecule has 0 aliphatic rings. The van der Waals surface area contributed by atoms with Gasteiger partial charge in [0, 0.05) is 7.11 Å². The molecule has 0 N–H and O–H groups in total. The van der Waals surface area contributed by atoms with Crippen molar-refractivity contribution in [3.63, 3.8) is 0 Å². The summed E-state index contributed by atoms with van der Waals surface area (Å²) in [5.41, 5.74) is 0.535. The largest absolute Gasteiger partial charge is 0.463 e. The van der Waals surface area contributed by atoms with E-state index in [2.05, 4.69) is 14.7 Å². The summed E-state index contributed by atoms with van der Waals surface area (Å²) < 4.78 is 9.31. The predicted molar refractivity (Wildman–Crippen MR) is 49.1 cm³/mol. The van der Waals surface area contributed by atoms with Crippen molar-refractivity contribution in [3.05, 3.63) is 22.7 Å². The Bertz CT molecular complexity index is 343. The molecule has 1 rings (SSSR count). The predicted octanol–water partition coefficient (Wildman–Crippen LogP) is 1.06. The van der Waals surface area contributed by atoms with Crippen molar-refractivity contribution < 1.29 is 14.3 Å². The van der Waals surface area contributed by atoms with Gasteiger partial charge in [-0.15, -0.1) is 0 Å². The Morgan fingerprint density at radius 1 is 1.50 bits per heavy atom. The minimum absolute atomic E-state index is 0.0629. The summed E-state index contributed by atoms with van der Waals surface area (Å²) in [5, 5.41) is 0.187. The van der Waals surface area contributed by atoms with Crippen molar-refractivity contribution >= 4 is 17.6 Å². The molecule has 0 saturated heterocycles. The molecule has 1 aromatic heterocycles. The maximum Gasteiger partial charge on any atom is 0.376 e. The summed E-state index contributed by atoms with van der Waals surface area (Å²) in [6, 6.07) is 1.53. The van der Waals surface area contributed by atoms with Gasteiger partial charge in [0.25, 0.3) is 0 Å². The van der Waals surface area contributed by atoms with E-state index in [0.29, 0.717) is 5.69 Å². The van der Waals surface area contributed by atoms with Crippen LogP contribution in [0.15, 0.2) is 6.07 Å². The van der Waals surface area contributed by atoms with Crippen LogP contribution >= 0.6 is 11.6 Å². The Morgan fingerprint density at radius 3 is 2.79 bits per heavy atom. The lowest BCUT2D eigenvalue weighted by Crippen LogP contribution is -2.09. The summed E-state index contributed by atoms with van der Waals surface area (Å²) in [4.78, 5) is 18.7. The number of halogens is 1. The highest BCUT2D eigenvalue weighted by Gasteiger charge is 2.11. The maximum atomic E-state index is 11.1. The third kappa shape index (κ3) is 2.65. The molecule has 0 spiro atoms. The SMILES string of the molecule is COCc1cc(Cl)nc(C(=O)OC)n1. The molecule has 6 heteroatoms. The first-order valence-electron chi connectivity index (χ1n) is 3.78. The van der Waals surface area contributed by atoms with Crippen molar-refractivity contribution in [2.24, 2.45) is 0 Å². The average molecular weight is 217 g/mol. The van der Waals surface area contributed by atoms with Gasteiger partial charge in [0.15, 0.2) is 0 Å². The maximum absolute atomic E-state index is 11.1. The minimum atomic E-state index is -0.621. The molecule has 0 fully saturated rings. The third-order valence-corrected chi connectivity index (χ3v) is 1.60.